The van der Waals surface area contributed by atoms with Gasteiger partial charge in [-0.25, -0.2) is 4.79 Å². The normalized spacial score (nSPS) is 12.1. The lowest BCUT2D eigenvalue weighted by molar-refractivity contribution is 0.174. The molecule has 0 spiro atoms. The SMILES string of the molecule is CC(C)c1cccc(OCCNC(=O)Nc2ccc3c(c2)OCO3)c1. The van der Waals surface area contributed by atoms with E-state index in [-0.39, 0.29) is 12.8 Å². The lowest BCUT2D eigenvalue weighted by Crippen LogP contribution is -2.32. The van der Waals surface area contributed by atoms with Gasteiger partial charge in [-0.1, -0.05) is 26.0 Å². The van der Waals surface area contributed by atoms with Crippen LogP contribution in [0.25, 0.3) is 0 Å². The first-order chi connectivity index (χ1) is 12.1. The zero-order chi connectivity index (χ0) is 17.6. The highest BCUT2D eigenvalue weighted by Gasteiger charge is 2.13. The molecule has 0 fully saturated rings. The average molecular weight is 342 g/mol. The largest absolute Gasteiger partial charge is 0.492 e. The fourth-order valence-electron chi connectivity index (χ4n) is 2.45. The van der Waals surface area contributed by atoms with Crippen molar-refractivity contribution in [2.45, 2.75) is 19.8 Å². The van der Waals surface area contributed by atoms with Crippen molar-refractivity contribution in [1.29, 1.82) is 0 Å². The van der Waals surface area contributed by atoms with Crippen molar-refractivity contribution in [1.82, 2.24) is 5.32 Å². The summed E-state index contributed by atoms with van der Waals surface area (Å²) in [5, 5.41) is 5.51. The van der Waals surface area contributed by atoms with Crippen molar-refractivity contribution in [3.05, 3.63) is 48.0 Å². The second kappa shape index (κ2) is 7.79. The van der Waals surface area contributed by atoms with Gasteiger partial charge in [-0.05, 0) is 35.7 Å². The van der Waals surface area contributed by atoms with Crippen molar-refractivity contribution in [2.24, 2.45) is 0 Å². The summed E-state index contributed by atoms with van der Waals surface area (Å²) in [4.78, 5) is 11.9. The van der Waals surface area contributed by atoms with E-state index in [0.717, 1.165) is 5.75 Å². The van der Waals surface area contributed by atoms with Gasteiger partial charge in [0.25, 0.3) is 0 Å². The van der Waals surface area contributed by atoms with E-state index in [0.29, 0.717) is 36.3 Å². The van der Waals surface area contributed by atoms with Gasteiger partial charge in [-0.2, -0.15) is 0 Å². The molecule has 132 valence electrons. The van der Waals surface area contributed by atoms with Crippen molar-refractivity contribution < 1.29 is 19.0 Å². The number of fused-ring (bicyclic) bond motifs is 1. The molecule has 2 aromatic rings. The summed E-state index contributed by atoms with van der Waals surface area (Å²) < 4.78 is 16.2. The summed E-state index contributed by atoms with van der Waals surface area (Å²) in [7, 11) is 0. The van der Waals surface area contributed by atoms with Gasteiger partial charge >= 0.3 is 6.03 Å². The molecule has 6 nitrogen and oxygen atoms in total. The zero-order valence-electron chi connectivity index (χ0n) is 14.4. The number of rotatable bonds is 6. The minimum Gasteiger partial charge on any atom is -0.492 e. The molecule has 1 aliphatic heterocycles. The second-order valence-electron chi connectivity index (χ2n) is 6.02. The fraction of sp³-hybridized carbons (Fsp3) is 0.316. The molecular weight excluding hydrogens is 320 g/mol. The van der Waals surface area contributed by atoms with Gasteiger partial charge < -0.3 is 24.8 Å². The van der Waals surface area contributed by atoms with E-state index in [1.165, 1.54) is 5.56 Å². The molecule has 0 atom stereocenters. The molecule has 0 aliphatic carbocycles. The Morgan fingerprint density at radius 3 is 2.84 bits per heavy atom. The highest BCUT2D eigenvalue weighted by atomic mass is 16.7. The van der Waals surface area contributed by atoms with Crippen LogP contribution in [0, 0.1) is 0 Å². The van der Waals surface area contributed by atoms with Gasteiger partial charge in [0.2, 0.25) is 6.79 Å². The third-order valence-corrected chi connectivity index (χ3v) is 3.81. The molecule has 2 aromatic carbocycles. The van der Waals surface area contributed by atoms with Gasteiger partial charge in [0, 0.05) is 11.8 Å². The Balaban J connectivity index is 1.41. The van der Waals surface area contributed by atoms with Crippen molar-refractivity contribution in [3.8, 4) is 17.2 Å². The molecule has 2 amide bonds. The smallest absolute Gasteiger partial charge is 0.319 e. The van der Waals surface area contributed by atoms with Gasteiger partial charge in [-0.3, -0.25) is 0 Å². The number of nitrogens with one attached hydrogen (secondary N) is 2. The van der Waals surface area contributed by atoms with E-state index in [4.69, 9.17) is 14.2 Å². The molecule has 1 heterocycles. The number of ether oxygens (including phenoxy) is 3. The number of hydrogen-bond acceptors (Lipinski definition) is 4. The molecule has 0 bridgehead atoms. The Morgan fingerprint density at radius 2 is 2.00 bits per heavy atom. The summed E-state index contributed by atoms with van der Waals surface area (Å²) >= 11 is 0. The maximum absolute atomic E-state index is 11.9. The zero-order valence-corrected chi connectivity index (χ0v) is 14.4. The summed E-state index contributed by atoms with van der Waals surface area (Å²) in [5.74, 6) is 2.58. The highest BCUT2D eigenvalue weighted by Crippen LogP contribution is 2.34. The number of carbonyl (C=O) groups is 1. The Bertz CT molecular complexity index is 746. The predicted octanol–water partition coefficient (Wildman–Crippen LogP) is 3.74. The molecule has 0 saturated carbocycles. The van der Waals surface area contributed by atoms with Crippen LogP contribution < -0.4 is 24.8 Å². The molecular formula is C19H22N2O4. The van der Waals surface area contributed by atoms with E-state index in [2.05, 4.69) is 30.5 Å². The molecule has 3 rings (SSSR count). The van der Waals surface area contributed by atoms with Gasteiger partial charge in [0.1, 0.15) is 12.4 Å². The molecule has 1 aliphatic rings. The maximum Gasteiger partial charge on any atom is 0.319 e. The number of anilines is 1. The maximum atomic E-state index is 11.9. The quantitative estimate of drug-likeness (QED) is 0.785. The Kier molecular flexibility index (Phi) is 5.28. The molecule has 0 saturated heterocycles. The summed E-state index contributed by atoms with van der Waals surface area (Å²) in [6, 6.07) is 13.0. The minimum absolute atomic E-state index is 0.209. The van der Waals surface area contributed by atoms with Crippen LogP contribution >= 0.6 is 0 Å². The first-order valence-electron chi connectivity index (χ1n) is 8.29. The Labute approximate surface area is 147 Å². The number of carbonyl (C=O) groups excluding carboxylic acids is 1. The lowest BCUT2D eigenvalue weighted by Gasteiger charge is -2.11. The van der Waals surface area contributed by atoms with Crippen LogP contribution in [0.5, 0.6) is 17.2 Å². The monoisotopic (exact) mass is 342 g/mol. The molecule has 0 unspecified atom stereocenters. The average Bonchev–Trinajstić information content (AvgIpc) is 3.07. The van der Waals surface area contributed by atoms with E-state index in [1.807, 2.05) is 18.2 Å². The molecule has 6 heteroatoms. The topological polar surface area (TPSA) is 68.8 Å². The van der Waals surface area contributed by atoms with E-state index < -0.39 is 0 Å². The molecule has 25 heavy (non-hydrogen) atoms. The van der Waals surface area contributed by atoms with E-state index in [1.54, 1.807) is 18.2 Å². The van der Waals surface area contributed by atoms with Crippen molar-refractivity contribution in [2.75, 3.05) is 25.3 Å². The summed E-state index contributed by atoms with van der Waals surface area (Å²) in [5.41, 5.74) is 1.87. The van der Waals surface area contributed by atoms with Crippen LogP contribution in [0.3, 0.4) is 0 Å². The Morgan fingerprint density at radius 1 is 1.16 bits per heavy atom. The number of amides is 2. The first-order valence-corrected chi connectivity index (χ1v) is 8.29. The predicted molar refractivity (Wildman–Crippen MR) is 95.6 cm³/mol. The fourth-order valence-corrected chi connectivity index (χ4v) is 2.45. The van der Waals surface area contributed by atoms with Crippen LogP contribution in [0.2, 0.25) is 0 Å². The standard InChI is InChI=1S/C19H22N2O4/c1-13(2)14-4-3-5-16(10-14)23-9-8-20-19(22)21-15-6-7-17-18(11-15)25-12-24-17/h3-7,10-11,13H,8-9,12H2,1-2H3,(H2,20,21,22). The summed E-state index contributed by atoms with van der Waals surface area (Å²) in [6.07, 6.45) is 0. The summed E-state index contributed by atoms with van der Waals surface area (Å²) in [6.45, 7) is 5.29. The van der Waals surface area contributed by atoms with Crippen LogP contribution in [-0.2, 0) is 0 Å². The number of urea groups is 1. The van der Waals surface area contributed by atoms with Crippen LogP contribution in [0.15, 0.2) is 42.5 Å². The van der Waals surface area contributed by atoms with Crippen molar-refractivity contribution >= 4 is 11.7 Å². The van der Waals surface area contributed by atoms with Crippen LogP contribution in [-0.4, -0.2) is 26.0 Å². The number of hydrogen-bond donors (Lipinski definition) is 2. The first kappa shape index (κ1) is 17.0. The third kappa shape index (κ3) is 4.56. The molecule has 0 radical (unpaired) electrons. The minimum atomic E-state index is -0.293. The Hall–Kier alpha value is -2.89. The lowest BCUT2D eigenvalue weighted by atomic mass is 10.0. The highest BCUT2D eigenvalue weighted by molar-refractivity contribution is 5.89. The molecule has 2 N–H and O–H groups in total. The number of benzene rings is 2. The van der Waals surface area contributed by atoms with E-state index >= 15 is 0 Å². The van der Waals surface area contributed by atoms with Crippen molar-refractivity contribution in [3.63, 3.8) is 0 Å². The second-order valence-corrected chi connectivity index (χ2v) is 6.02. The van der Waals surface area contributed by atoms with Gasteiger partial charge in [0.15, 0.2) is 11.5 Å². The van der Waals surface area contributed by atoms with Crippen LogP contribution in [0.1, 0.15) is 25.3 Å². The van der Waals surface area contributed by atoms with Gasteiger partial charge in [-0.15, -0.1) is 0 Å². The molecule has 0 aromatic heterocycles. The van der Waals surface area contributed by atoms with Gasteiger partial charge in [0.05, 0.1) is 6.54 Å². The van der Waals surface area contributed by atoms with Crippen LogP contribution in [0.4, 0.5) is 10.5 Å². The third-order valence-electron chi connectivity index (χ3n) is 3.81. The van der Waals surface area contributed by atoms with E-state index in [9.17, 15) is 4.79 Å².